The van der Waals surface area contributed by atoms with E-state index in [1.54, 1.807) is 0 Å². The standard InChI is InChI=1S/C45H26N4O2/c1-4-15-36-31(10-1)35-26-29(48-38-16-5-6-17-39(38)49-44-42(46-45(48)49)34-12-3-8-19-41(34)51-44)24-25-37(35)47(36)28-22-20-27(21-23-28)30-13-9-14-33-32-11-2-7-18-40(32)50-43(30)33/h1-26H. The second-order valence-electron chi connectivity index (χ2n) is 13.2. The minimum atomic E-state index is 0.763. The van der Waals surface area contributed by atoms with Gasteiger partial charge in [-0.05, 0) is 72.3 Å². The number of benzene rings is 7. The monoisotopic (exact) mass is 654 g/mol. The smallest absolute Gasteiger partial charge is 0.234 e. The molecule has 0 atom stereocenters. The lowest BCUT2D eigenvalue weighted by molar-refractivity contribution is 0.651. The second-order valence-corrected chi connectivity index (χ2v) is 13.2. The van der Waals surface area contributed by atoms with Crippen molar-refractivity contribution in [3.63, 3.8) is 0 Å². The zero-order chi connectivity index (χ0) is 33.2. The molecular weight excluding hydrogens is 629 g/mol. The number of aromatic nitrogens is 4. The summed E-state index contributed by atoms with van der Waals surface area (Å²) in [6, 6.07) is 55.4. The van der Waals surface area contributed by atoms with Crippen LogP contribution >= 0.6 is 0 Å². The van der Waals surface area contributed by atoms with Crippen LogP contribution in [0.5, 0.6) is 0 Å². The van der Waals surface area contributed by atoms with Crippen LogP contribution in [0.3, 0.4) is 0 Å². The lowest BCUT2D eigenvalue weighted by Crippen LogP contribution is -1.96. The van der Waals surface area contributed by atoms with E-state index in [4.69, 9.17) is 13.8 Å². The van der Waals surface area contributed by atoms with Gasteiger partial charge in [-0.25, -0.2) is 9.38 Å². The average Bonchev–Trinajstić information content (AvgIpc) is 3.98. The van der Waals surface area contributed by atoms with Crippen molar-refractivity contribution in [3.8, 4) is 22.5 Å². The quantitative estimate of drug-likeness (QED) is 0.190. The highest BCUT2D eigenvalue weighted by atomic mass is 16.3. The summed E-state index contributed by atoms with van der Waals surface area (Å²) in [7, 11) is 0. The number of hydrogen-bond donors (Lipinski definition) is 0. The van der Waals surface area contributed by atoms with Crippen LogP contribution in [0.4, 0.5) is 0 Å². The fourth-order valence-corrected chi connectivity index (χ4v) is 8.23. The molecule has 5 aromatic heterocycles. The zero-order valence-electron chi connectivity index (χ0n) is 27.1. The van der Waals surface area contributed by atoms with Gasteiger partial charge in [-0.2, -0.15) is 0 Å². The van der Waals surface area contributed by atoms with Crippen molar-refractivity contribution in [1.82, 2.24) is 18.5 Å². The first-order valence-electron chi connectivity index (χ1n) is 17.1. The molecule has 0 bridgehead atoms. The Morgan fingerprint density at radius 1 is 0.431 bits per heavy atom. The molecule has 6 nitrogen and oxygen atoms in total. The third-order valence-corrected chi connectivity index (χ3v) is 10.5. The molecule has 0 saturated carbocycles. The SMILES string of the molecule is c1ccc2c(c1)oc1c(-c3ccc(-n4c5ccccc5c5cc(-n6c7ccccc7n7c8oc9ccccc9c8nc67)ccc54)cc3)cccc12. The minimum Gasteiger partial charge on any atom is -0.455 e. The van der Waals surface area contributed by atoms with E-state index < -0.39 is 0 Å². The topological polar surface area (TPSA) is 53.4 Å². The first kappa shape index (κ1) is 26.9. The summed E-state index contributed by atoms with van der Waals surface area (Å²) < 4.78 is 19.5. The summed E-state index contributed by atoms with van der Waals surface area (Å²) in [5.74, 6) is 0.828. The Morgan fingerprint density at radius 2 is 1.08 bits per heavy atom. The van der Waals surface area contributed by atoms with Gasteiger partial charge < -0.3 is 13.4 Å². The van der Waals surface area contributed by atoms with Crippen LogP contribution in [0.1, 0.15) is 0 Å². The Labute approximate surface area is 289 Å². The molecule has 0 aliphatic heterocycles. The number of nitrogens with zero attached hydrogens (tertiary/aromatic N) is 4. The molecule has 0 spiro atoms. The Bertz CT molecular complexity index is 3370. The van der Waals surface area contributed by atoms with E-state index in [0.717, 1.165) is 94.5 Å². The normalized spacial score (nSPS) is 12.3. The summed E-state index contributed by atoms with van der Waals surface area (Å²) in [6.07, 6.45) is 0. The molecule has 0 aliphatic carbocycles. The van der Waals surface area contributed by atoms with E-state index in [1.807, 2.05) is 30.3 Å². The average molecular weight is 655 g/mol. The van der Waals surface area contributed by atoms with Crippen molar-refractivity contribution in [2.45, 2.75) is 0 Å². The number of para-hydroxylation sites is 6. The molecule has 51 heavy (non-hydrogen) atoms. The summed E-state index contributed by atoms with van der Waals surface area (Å²) in [6.45, 7) is 0. The van der Waals surface area contributed by atoms with Gasteiger partial charge in [0.15, 0.2) is 0 Å². The van der Waals surface area contributed by atoms with Crippen LogP contribution in [-0.4, -0.2) is 18.5 Å². The highest BCUT2D eigenvalue weighted by Crippen LogP contribution is 2.39. The summed E-state index contributed by atoms with van der Waals surface area (Å²) in [5.41, 5.74) is 13.1. The van der Waals surface area contributed by atoms with Gasteiger partial charge >= 0.3 is 0 Å². The molecule has 6 heteroatoms. The van der Waals surface area contributed by atoms with Gasteiger partial charge in [0.05, 0.1) is 22.1 Å². The lowest BCUT2D eigenvalue weighted by atomic mass is 10.0. The minimum absolute atomic E-state index is 0.763. The van der Waals surface area contributed by atoms with Gasteiger partial charge in [0.25, 0.3) is 0 Å². The van der Waals surface area contributed by atoms with Crippen molar-refractivity contribution in [3.05, 3.63) is 158 Å². The Morgan fingerprint density at radius 3 is 1.92 bits per heavy atom. The molecule has 0 amide bonds. The molecule has 0 saturated heterocycles. The molecule has 0 unspecified atom stereocenters. The number of furan rings is 2. The van der Waals surface area contributed by atoms with Gasteiger partial charge in [0.2, 0.25) is 11.5 Å². The first-order chi connectivity index (χ1) is 25.3. The largest absolute Gasteiger partial charge is 0.455 e. The fourth-order valence-electron chi connectivity index (χ4n) is 8.23. The predicted octanol–water partition coefficient (Wildman–Crippen LogP) is 11.8. The van der Waals surface area contributed by atoms with Crippen LogP contribution in [-0.2, 0) is 0 Å². The highest BCUT2D eigenvalue weighted by molar-refractivity contribution is 6.11. The van der Waals surface area contributed by atoms with E-state index in [-0.39, 0.29) is 0 Å². The van der Waals surface area contributed by atoms with Crippen molar-refractivity contribution < 1.29 is 8.83 Å². The zero-order valence-corrected chi connectivity index (χ0v) is 27.1. The van der Waals surface area contributed by atoms with Crippen molar-refractivity contribution in [2.24, 2.45) is 0 Å². The maximum absolute atomic E-state index is 6.39. The van der Waals surface area contributed by atoms with Crippen LogP contribution in [0.25, 0.3) is 105 Å². The van der Waals surface area contributed by atoms with E-state index >= 15 is 0 Å². The van der Waals surface area contributed by atoms with Crippen molar-refractivity contribution in [2.75, 3.05) is 0 Å². The molecule has 0 fully saturated rings. The Balaban J connectivity index is 1.04. The van der Waals surface area contributed by atoms with Gasteiger partial charge in [-0.15, -0.1) is 0 Å². The Kier molecular flexibility index (Phi) is 5.14. The molecule has 0 aliphatic rings. The number of rotatable bonds is 3. The third kappa shape index (κ3) is 3.57. The third-order valence-electron chi connectivity index (χ3n) is 10.5. The molecule has 12 rings (SSSR count). The molecule has 0 radical (unpaired) electrons. The first-order valence-corrected chi connectivity index (χ1v) is 17.1. The highest BCUT2D eigenvalue weighted by Gasteiger charge is 2.22. The predicted molar refractivity (Wildman–Crippen MR) is 206 cm³/mol. The molecule has 5 heterocycles. The van der Waals surface area contributed by atoms with Gasteiger partial charge in [-0.3, -0.25) is 4.57 Å². The summed E-state index contributed by atoms with van der Waals surface area (Å²) in [5, 5.41) is 5.66. The van der Waals surface area contributed by atoms with Crippen LogP contribution in [0, 0.1) is 0 Å². The molecule has 7 aromatic carbocycles. The van der Waals surface area contributed by atoms with E-state index in [0.29, 0.717) is 0 Å². The molecule has 12 aromatic rings. The molecule has 238 valence electrons. The van der Waals surface area contributed by atoms with Crippen LogP contribution in [0.15, 0.2) is 167 Å². The number of fused-ring (bicyclic) bond motifs is 13. The summed E-state index contributed by atoms with van der Waals surface area (Å²) >= 11 is 0. The number of imidazole rings is 2. The summed E-state index contributed by atoms with van der Waals surface area (Å²) in [4.78, 5) is 5.20. The van der Waals surface area contributed by atoms with Crippen molar-refractivity contribution in [1.29, 1.82) is 0 Å². The van der Waals surface area contributed by atoms with Crippen molar-refractivity contribution >= 4 is 82.8 Å². The molecular formula is C45H26N4O2. The van der Waals surface area contributed by atoms with Gasteiger partial charge in [0, 0.05) is 43.9 Å². The Hall–Kier alpha value is -7.05. The van der Waals surface area contributed by atoms with Crippen LogP contribution < -0.4 is 0 Å². The van der Waals surface area contributed by atoms with Crippen LogP contribution in [0.2, 0.25) is 0 Å². The fraction of sp³-hybridized carbons (Fsp3) is 0. The van der Waals surface area contributed by atoms with Gasteiger partial charge in [-0.1, -0.05) is 91.0 Å². The molecule has 0 N–H and O–H groups in total. The van der Waals surface area contributed by atoms with Gasteiger partial charge in [0.1, 0.15) is 22.3 Å². The van der Waals surface area contributed by atoms with E-state index in [9.17, 15) is 0 Å². The lowest BCUT2D eigenvalue weighted by Gasteiger charge is -2.10. The van der Waals surface area contributed by atoms with E-state index in [1.165, 1.54) is 10.8 Å². The number of hydrogen-bond acceptors (Lipinski definition) is 3. The maximum atomic E-state index is 6.39. The van der Waals surface area contributed by atoms with E-state index in [2.05, 4.69) is 141 Å². The maximum Gasteiger partial charge on any atom is 0.234 e. The second kappa shape index (κ2) is 9.77.